The van der Waals surface area contributed by atoms with Crippen molar-refractivity contribution in [3.63, 3.8) is 0 Å². The van der Waals surface area contributed by atoms with Gasteiger partial charge in [-0.25, -0.2) is 0 Å². The van der Waals surface area contributed by atoms with Crippen LogP contribution in [0.15, 0.2) is 127 Å². The Morgan fingerprint density at radius 1 is 0.233 bits per heavy atom. The Kier molecular flexibility index (Phi) is 45.6. The molecule has 0 spiro atoms. The lowest BCUT2D eigenvalue weighted by Gasteiger charge is -2.21. The molecule has 1 nitrogen and oxygen atoms in total. The van der Waals surface area contributed by atoms with Crippen molar-refractivity contribution in [3.8, 4) is 0 Å². The lowest BCUT2D eigenvalue weighted by atomic mass is 9.85. The topological polar surface area (TPSA) is 9.23 Å². The maximum absolute atomic E-state index is 5.81. The molecule has 0 unspecified atom stereocenters. The summed E-state index contributed by atoms with van der Waals surface area (Å²) in [5, 5.41) is 0. The molecule has 0 heterocycles. The fourth-order valence-electron chi connectivity index (χ4n) is 14.5. The molecule has 3 saturated carbocycles. The summed E-state index contributed by atoms with van der Waals surface area (Å²) in [6.45, 7) is 10.7. The van der Waals surface area contributed by atoms with E-state index in [1.54, 1.807) is 0 Å². The second kappa shape index (κ2) is 53.4. The van der Waals surface area contributed by atoms with Crippen LogP contribution in [0.4, 0.5) is 0 Å². The van der Waals surface area contributed by atoms with Crippen molar-refractivity contribution in [2.75, 3.05) is 13.2 Å². The third-order valence-electron chi connectivity index (χ3n) is 20.7. The predicted octanol–water partition coefficient (Wildman–Crippen LogP) is 27.9. The van der Waals surface area contributed by atoms with Crippen LogP contribution in [0.1, 0.15) is 339 Å². The minimum atomic E-state index is 0.877. The zero-order chi connectivity index (χ0) is 63.3. The minimum Gasteiger partial charge on any atom is -0.381 e. The molecule has 502 valence electrons. The first kappa shape index (κ1) is 76.8. The number of hydrogen-bond donors (Lipinski definition) is 0. The molecule has 0 aromatic heterocycles. The number of aryl methyl sites for hydroxylation is 9. The lowest BCUT2D eigenvalue weighted by molar-refractivity contribution is 0.0978. The summed E-state index contributed by atoms with van der Waals surface area (Å²) in [5.41, 5.74) is 13.0. The van der Waals surface area contributed by atoms with Gasteiger partial charge in [0.05, 0.1) is 0 Å². The molecule has 5 aromatic carbocycles. The molecule has 0 N–H and O–H groups in total. The minimum absolute atomic E-state index is 0.877. The van der Waals surface area contributed by atoms with E-state index in [-0.39, 0.29) is 0 Å². The van der Waals surface area contributed by atoms with Gasteiger partial charge >= 0.3 is 0 Å². The SMILES string of the molecule is Cc1ccc(CCCCCCCCCCC2CCCC2)cc1.Cc1ccc(CCCCCCCCCCC2CCCCC2)cc1.Cc1ccc(CCCCCCCCCCc2ccccc2)cc1.Cc1ccc(CCCCCCCCOCC2CCCC2)cc1. The van der Waals surface area contributed by atoms with Crippen molar-refractivity contribution in [3.05, 3.63) is 177 Å². The fourth-order valence-corrected chi connectivity index (χ4v) is 14.5. The van der Waals surface area contributed by atoms with Gasteiger partial charge in [-0.3, -0.25) is 0 Å². The molecular weight excluding hydrogens is 1080 g/mol. The molecule has 3 aliphatic rings. The Hall–Kier alpha value is -3.94. The maximum atomic E-state index is 5.81. The van der Waals surface area contributed by atoms with E-state index in [1.165, 1.54) is 371 Å². The average Bonchev–Trinajstić information content (AvgIpc) is 4.41. The summed E-state index contributed by atoms with van der Waals surface area (Å²) in [6.07, 6.45) is 71.0. The first-order valence-corrected chi connectivity index (χ1v) is 39.2. The zero-order valence-electron chi connectivity index (χ0n) is 59.5. The Morgan fingerprint density at radius 2 is 0.467 bits per heavy atom. The molecule has 0 saturated heterocycles. The van der Waals surface area contributed by atoms with E-state index < -0.39 is 0 Å². The van der Waals surface area contributed by atoms with E-state index in [0.717, 1.165) is 31.0 Å². The van der Waals surface area contributed by atoms with Crippen molar-refractivity contribution in [2.24, 2.45) is 17.8 Å². The largest absolute Gasteiger partial charge is 0.381 e. The Balaban J connectivity index is 0.000000218. The van der Waals surface area contributed by atoms with Gasteiger partial charge in [0, 0.05) is 13.2 Å². The van der Waals surface area contributed by atoms with Crippen molar-refractivity contribution >= 4 is 0 Å². The van der Waals surface area contributed by atoms with Crippen LogP contribution in [0, 0.1) is 45.4 Å². The van der Waals surface area contributed by atoms with Gasteiger partial charge in [-0.2, -0.15) is 0 Å². The van der Waals surface area contributed by atoms with Crippen LogP contribution in [0.5, 0.6) is 0 Å². The highest BCUT2D eigenvalue weighted by molar-refractivity contribution is 5.24. The van der Waals surface area contributed by atoms with E-state index >= 15 is 0 Å². The molecule has 3 fully saturated rings. The number of rotatable bonds is 44. The van der Waals surface area contributed by atoms with Crippen LogP contribution in [-0.2, 0) is 36.8 Å². The van der Waals surface area contributed by atoms with Crippen molar-refractivity contribution in [1.29, 1.82) is 0 Å². The lowest BCUT2D eigenvalue weighted by Crippen LogP contribution is -2.06. The van der Waals surface area contributed by atoms with E-state index in [0.29, 0.717) is 0 Å². The first-order valence-electron chi connectivity index (χ1n) is 39.2. The smallest absolute Gasteiger partial charge is 0.0494 e. The van der Waals surface area contributed by atoms with E-state index in [2.05, 4.69) is 155 Å². The van der Waals surface area contributed by atoms with Crippen LogP contribution in [0.25, 0.3) is 0 Å². The van der Waals surface area contributed by atoms with Crippen molar-refractivity contribution in [1.82, 2.24) is 0 Å². The van der Waals surface area contributed by atoms with Crippen LogP contribution in [0.3, 0.4) is 0 Å². The molecule has 0 bridgehead atoms. The fraction of sp³-hybridized carbons (Fsp3) is 0.663. The van der Waals surface area contributed by atoms with Crippen molar-refractivity contribution < 1.29 is 4.74 Å². The quantitative estimate of drug-likeness (QED) is 0.0353. The molecule has 5 aromatic rings. The van der Waals surface area contributed by atoms with Gasteiger partial charge in [-0.1, -0.05) is 387 Å². The number of ether oxygens (including phenoxy) is 1. The molecule has 90 heavy (non-hydrogen) atoms. The highest BCUT2D eigenvalue weighted by Crippen LogP contribution is 2.31. The standard InChI is InChI=1S/C23H38.C23H32.C22H36.C21H34O/c2*1-21-17-19-23(20-18-21)16-10-7-5-3-2-4-6-9-13-22-14-11-8-12-15-22;1-20-16-18-22(19-17-20)13-9-7-5-3-2-4-6-8-12-21-14-10-11-15-21;1-19-13-15-20(16-14-19)10-6-4-2-3-5-9-17-22-18-21-11-7-8-12-21/h17-20,22H,2-16H2,1H3;8,11-12,14-15,17-20H,2-7,9-10,13,16H2,1H3;16-19,21H,2-15H2,1H3;13-16,21H,2-12,17-18H2,1H3. The van der Waals surface area contributed by atoms with Crippen LogP contribution < -0.4 is 0 Å². The van der Waals surface area contributed by atoms with Crippen LogP contribution >= 0.6 is 0 Å². The molecule has 0 aliphatic heterocycles. The third-order valence-corrected chi connectivity index (χ3v) is 20.7. The van der Waals surface area contributed by atoms with Gasteiger partial charge in [0.15, 0.2) is 0 Å². The van der Waals surface area contributed by atoms with E-state index in [4.69, 9.17) is 4.74 Å². The normalized spacial score (nSPS) is 14.4. The number of hydrogen-bond acceptors (Lipinski definition) is 1. The summed E-state index contributed by atoms with van der Waals surface area (Å²) in [7, 11) is 0. The maximum Gasteiger partial charge on any atom is 0.0494 e. The van der Waals surface area contributed by atoms with Gasteiger partial charge in [-0.05, 0) is 157 Å². The van der Waals surface area contributed by atoms with Crippen molar-refractivity contribution in [2.45, 2.75) is 349 Å². The second-order valence-corrected chi connectivity index (χ2v) is 29.2. The van der Waals surface area contributed by atoms with E-state index in [9.17, 15) is 0 Å². The summed E-state index contributed by atoms with van der Waals surface area (Å²) in [6, 6.07) is 47.0. The molecular formula is C89H140O. The average molecular weight is 1230 g/mol. The monoisotopic (exact) mass is 1230 g/mol. The molecule has 0 amide bonds. The highest BCUT2D eigenvalue weighted by Gasteiger charge is 2.16. The van der Waals surface area contributed by atoms with Gasteiger partial charge < -0.3 is 4.74 Å². The van der Waals surface area contributed by atoms with Crippen LogP contribution in [-0.4, -0.2) is 13.2 Å². The Bertz CT molecular complexity index is 2230. The molecule has 0 atom stereocenters. The van der Waals surface area contributed by atoms with E-state index in [1.807, 2.05) is 0 Å². The third kappa shape index (κ3) is 41.6. The van der Waals surface area contributed by atoms with Gasteiger partial charge in [0.2, 0.25) is 0 Å². The van der Waals surface area contributed by atoms with Crippen LogP contribution in [0.2, 0.25) is 0 Å². The predicted molar refractivity (Wildman–Crippen MR) is 399 cm³/mol. The molecule has 8 rings (SSSR count). The molecule has 0 radical (unpaired) electrons. The summed E-state index contributed by atoms with van der Waals surface area (Å²) < 4.78 is 5.81. The first-order chi connectivity index (χ1) is 44.4. The summed E-state index contributed by atoms with van der Waals surface area (Å²) >= 11 is 0. The molecule has 1 heteroatoms. The number of unbranched alkanes of at least 4 members (excludes halogenated alkanes) is 26. The van der Waals surface area contributed by atoms with Gasteiger partial charge in [-0.15, -0.1) is 0 Å². The van der Waals surface area contributed by atoms with Gasteiger partial charge in [0.25, 0.3) is 0 Å². The summed E-state index contributed by atoms with van der Waals surface area (Å²) in [4.78, 5) is 0. The second-order valence-electron chi connectivity index (χ2n) is 29.2. The zero-order valence-corrected chi connectivity index (χ0v) is 59.5. The Labute approximate surface area is 558 Å². The Morgan fingerprint density at radius 3 is 0.767 bits per heavy atom. The highest BCUT2D eigenvalue weighted by atomic mass is 16.5. The number of benzene rings is 5. The van der Waals surface area contributed by atoms with Gasteiger partial charge in [0.1, 0.15) is 0 Å². The summed E-state index contributed by atoms with van der Waals surface area (Å²) in [5.74, 6) is 3.06. The molecule has 3 aliphatic carbocycles.